The van der Waals surface area contributed by atoms with Gasteiger partial charge in [0.1, 0.15) is 0 Å². The SMILES string of the molecule is C#CCC(N)C(=O)N(Cc1ccc(Cl)cc1)C1CC1. The molecule has 2 rings (SSSR count). The number of carbonyl (C=O) groups excluding carboxylic acids is 1. The molecular weight excluding hydrogens is 260 g/mol. The molecule has 1 atom stereocenters. The minimum Gasteiger partial charge on any atom is -0.334 e. The second-order valence-corrected chi connectivity index (χ2v) is 5.27. The molecule has 1 amide bonds. The summed E-state index contributed by atoms with van der Waals surface area (Å²) < 4.78 is 0. The highest BCUT2D eigenvalue weighted by Crippen LogP contribution is 2.29. The number of hydrogen-bond acceptors (Lipinski definition) is 2. The van der Waals surface area contributed by atoms with E-state index in [1.165, 1.54) is 0 Å². The summed E-state index contributed by atoms with van der Waals surface area (Å²) >= 11 is 5.85. The summed E-state index contributed by atoms with van der Waals surface area (Å²) in [5.41, 5.74) is 6.87. The van der Waals surface area contributed by atoms with Gasteiger partial charge >= 0.3 is 0 Å². The van der Waals surface area contributed by atoms with Gasteiger partial charge in [0.25, 0.3) is 0 Å². The smallest absolute Gasteiger partial charge is 0.241 e. The van der Waals surface area contributed by atoms with Gasteiger partial charge in [0.05, 0.1) is 6.04 Å². The van der Waals surface area contributed by atoms with Crippen LogP contribution in [0.2, 0.25) is 5.02 Å². The fraction of sp³-hybridized carbons (Fsp3) is 0.400. The Labute approximate surface area is 118 Å². The molecule has 1 unspecified atom stereocenters. The lowest BCUT2D eigenvalue weighted by Gasteiger charge is -2.25. The molecule has 2 N–H and O–H groups in total. The number of nitrogens with two attached hydrogens (primary N) is 1. The van der Waals surface area contributed by atoms with Gasteiger partial charge in [-0.05, 0) is 30.5 Å². The molecule has 0 heterocycles. The number of amides is 1. The third-order valence-electron chi connectivity index (χ3n) is 3.19. The Kier molecular flexibility index (Phi) is 4.47. The standard InChI is InChI=1S/C15H17ClN2O/c1-2-3-14(17)15(19)18(13-8-9-13)10-11-4-6-12(16)7-5-11/h1,4-7,13-14H,3,8-10,17H2. The first-order valence-corrected chi connectivity index (χ1v) is 6.73. The van der Waals surface area contributed by atoms with E-state index in [1.807, 2.05) is 29.2 Å². The van der Waals surface area contributed by atoms with Gasteiger partial charge in [-0.2, -0.15) is 0 Å². The summed E-state index contributed by atoms with van der Waals surface area (Å²) in [7, 11) is 0. The fourth-order valence-electron chi connectivity index (χ4n) is 1.99. The quantitative estimate of drug-likeness (QED) is 0.838. The molecule has 0 radical (unpaired) electrons. The molecule has 1 aromatic rings. The number of benzene rings is 1. The van der Waals surface area contributed by atoms with Crippen molar-refractivity contribution in [1.29, 1.82) is 0 Å². The first-order valence-electron chi connectivity index (χ1n) is 6.36. The zero-order valence-electron chi connectivity index (χ0n) is 10.7. The lowest BCUT2D eigenvalue weighted by molar-refractivity contribution is -0.133. The van der Waals surface area contributed by atoms with Gasteiger partial charge in [-0.25, -0.2) is 0 Å². The maximum Gasteiger partial charge on any atom is 0.241 e. The predicted molar refractivity (Wildman–Crippen MR) is 76.4 cm³/mol. The monoisotopic (exact) mass is 276 g/mol. The maximum absolute atomic E-state index is 12.3. The van der Waals surface area contributed by atoms with Crippen LogP contribution >= 0.6 is 11.6 Å². The molecule has 0 aliphatic heterocycles. The van der Waals surface area contributed by atoms with Crippen molar-refractivity contribution in [2.45, 2.75) is 37.9 Å². The van der Waals surface area contributed by atoms with Crippen LogP contribution in [0.3, 0.4) is 0 Å². The molecule has 1 aromatic carbocycles. The highest BCUT2D eigenvalue weighted by atomic mass is 35.5. The number of nitrogens with zero attached hydrogens (tertiary/aromatic N) is 1. The van der Waals surface area contributed by atoms with Gasteiger partial charge in [0.2, 0.25) is 5.91 Å². The van der Waals surface area contributed by atoms with Gasteiger partial charge in [-0.15, -0.1) is 12.3 Å². The predicted octanol–water partition coefficient (Wildman–Crippen LogP) is 2.18. The van der Waals surface area contributed by atoms with Crippen LogP contribution in [0.25, 0.3) is 0 Å². The summed E-state index contributed by atoms with van der Waals surface area (Å²) in [6, 6.07) is 7.22. The van der Waals surface area contributed by atoms with E-state index in [-0.39, 0.29) is 12.3 Å². The molecule has 0 bridgehead atoms. The molecule has 1 aliphatic rings. The van der Waals surface area contributed by atoms with Crippen LogP contribution in [0.5, 0.6) is 0 Å². The average molecular weight is 277 g/mol. The second-order valence-electron chi connectivity index (χ2n) is 4.84. The van der Waals surface area contributed by atoms with Crippen molar-refractivity contribution in [2.24, 2.45) is 5.73 Å². The average Bonchev–Trinajstić information content (AvgIpc) is 3.22. The number of rotatable bonds is 5. The van der Waals surface area contributed by atoms with E-state index in [1.54, 1.807) is 0 Å². The summed E-state index contributed by atoms with van der Waals surface area (Å²) in [6.07, 6.45) is 7.58. The fourth-order valence-corrected chi connectivity index (χ4v) is 2.11. The molecule has 3 nitrogen and oxygen atoms in total. The second kappa shape index (κ2) is 6.10. The lowest BCUT2D eigenvalue weighted by Crippen LogP contribution is -2.44. The summed E-state index contributed by atoms with van der Waals surface area (Å²) in [4.78, 5) is 14.1. The first-order chi connectivity index (χ1) is 9.11. The Balaban J connectivity index is 2.06. The van der Waals surface area contributed by atoms with E-state index in [2.05, 4.69) is 5.92 Å². The van der Waals surface area contributed by atoms with Crippen molar-refractivity contribution in [3.63, 3.8) is 0 Å². The normalized spacial score (nSPS) is 15.6. The Morgan fingerprint density at radius 2 is 2.11 bits per heavy atom. The highest BCUT2D eigenvalue weighted by molar-refractivity contribution is 6.30. The van der Waals surface area contributed by atoms with Crippen molar-refractivity contribution in [1.82, 2.24) is 4.90 Å². The van der Waals surface area contributed by atoms with Gasteiger partial charge in [0.15, 0.2) is 0 Å². The van der Waals surface area contributed by atoms with Crippen molar-refractivity contribution in [3.05, 3.63) is 34.9 Å². The van der Waals surface area contributed by atoms with Gasteiger partial charge in [0, 0.05) is 24.0 Å². The van der Waals surface area contributed by atoms with E-state index in [0.29, 0.717) is 17.6 Å². The van der Waals surface area contributed by atoms with Crippen molar-refractivity contribution >= 4 is 17.5 Å². The van der Waals surface area contributed by atoms with Gasteiger partial charge < -0.3 is 10.6 Å². The molecule has 1 saturated carbocycles. The Morgan fingerprint density at radius 1 is 1.47 bits per heavy atom. The Hall–Kier alpha value is -1.50. The molecule has 4 heteroatoms. The molecule has 1 aliphatic carbocycles. The number of halogens is 1. The summed E-state index contributed by atoms with van der Waals surface area (Å²) in [5.74, 6) is 2.38. The van der Waals surface area contributed by atoms with E-state index >= 15 is 0 Å². The molecule has 1 fully saturated rings. The van der Waals surface area contributed by atoms with Gasteiger partial charge in [-0.3, -0.25) is 4.79 Å². The molecule has 0 spiro atoms. The van der Waals surface area contributed by atoms with Crippen LogP contribution in [-0.2, 0) is 11.3 Å². The van der Waals surface area contributed by atoms with Crippen LogP contribution in [0.1, 0.15) is 24.8 Å². The summed E-state index contributed by atoms with van der Waals surface area (Å²) in [5, 5.41) is 0.692. The van der Waals surface area contributed by atoms with Crippen LogP contribution in [0, 0.1) is 12.3 Å². The number of carbonyl (C=O) groups is 1. The summed E-state index contributed by atoms with van der Waals surface area (Å²) in [6.45, 7) is 0.568. The highest BCUT2D eigenvalue weighted by Gasteiger charge is 2.34. The third-order valence-corrected chi connectivity index (χ3v) is 3.44. The van der Waals surface area contributed by atoms with Crippen LogP contribution in [0.15, 0.2) is 24.3 Å². The minimum absolute atomic E-state index is 0.0598. The Bertz CT molecular complexity index is 488. The third kappa shape index (κ3) is 3.73. The maximum atomic E-state index is 12.3. The van der Waals surface area contributed by atoms with E-state index in [0.717, 1.165) is 18.4 Å². The number of terminal acetylenes is 1. The molecule has 100 valence electrons. The molecule has 19 heavy (non-hydrogen) atoms. The van der Waals surface area contributed by atoms with Crippen LogP contribution < -0.4 is 5.73 Å². The lowest BCUT2D eigenvalue weighted by atomic mass is 10.1. The molecule has 0 aromatic heterocycles. The number of hydrogen-bond donors (Lipinski definition) is 1. The largest absolute Gasteiger partial charge is 0.334 e. The van der Waals surface area contributed by atoms with E-state index < -0.39 is 6.04 Å². The van der Waals surface area contributed by atoms with Crippen molar-refractivity contribution in [2.75, 3.05) is 0 Å². The first kappa shape index (κ1) is 13.9. The molecule has 0 saturated heterocycles. The van der Waals surface area contributed by atoms with E-state index in [4.69, 9.17) is 23.8 Å². The van der Waals surface area contributed by atoms with Crippen LogP contribution in [0.4, 0.5) is 0 Å². The zero-order valence-corrected chi connectivity index (χ0v) is 11.4. The van der Waals surface area contributed by atoms with Crippen molar-refractivity contribution < 1.29 is 4.79 Å². The topological polar surface area (TPSA) is 46.3 Å². The van der Waals surface area contributed by atoms with Gasteiger partial charge in [-0.1, -0.05) is 23.7 Å². The van der Waals surface area contributed by atoms with E-state index in [9.17, 15) is 4.79 Å². The zero-order chi connectivity index (χ0) is 13.8. The van der Waals surface area contributed by atoms with Crippen LogP contribution in [-0.4, -0.2) is 22.9 Å². The van der Waals surface area contributed by atoms with Crippen molar-refractivity contribution in [3.8, 4) is 12.3 Å². The molecular formula is C15H17ClN2O. The minimum atomic E-state index is -0.599. The Morgan fingerprint density at radius 3 is 2.63 bits per heavy atom.